The lowest BCUT2D eigenvalue weighted by Gasteiger charge is -2.20. The van der Waals surface area contributed by atoms with Crippen molar-refractivity contribution in [2.45, 2.75) is 33.2 Å². The SMILES string of the molecule is CCCCOc1cccc(C(=O)N(Cc2ccccc2)c2nc3ccc(C)cc3s2)c1. The van der Waals surface area contributed by atoms with Crippen molar-refractivity contribution in [1.82, 2.24) is 4.98 Å². The molecule has 1 heterocycles. The Morgan fingerprint density at radius 3 is 2.68 bits per heavy atom. The number of thiazole rings is 1. The monoisotopic (exact) mass is 430 g/mol. The van der Waals surface area contributed by atoms with Gasteiger partial charge >= 0.3 is 0 Å². The smallest absolute Gasteiger partial charge is 0.260 e. The van der Waals surface area contributed by atoms with Gasteiger partial charge in [-0.05, 0) is 54.8 Å². The molecule has 1 amide bonds. The molecule has 0 atom stereocenters. The van der Waals surface area contributed by atoms with Gasteiger partial charge in [0, 0.05) is 5.56 Å². The van der Waals surface area contributed by atoms with Crippen LogP contribution in [0.25, 0.3) is 10.2 Å². The van der Waals surface area contributed by atoms with E-state index < -0.39 is 0 Å². The summed E-state index contributed by atoms with van der Waals surface area (Å²) in [5.74, 6) is 0.638. The molecule has 0 bridgehead atoms. The number of nitrogens with zero attached hydrogens (tertiary/aromatic N) is 2. The number of amides is 1. The van der Waals surface area contributed by atoms with Crippen LogP contribution in [0.15, 0.2) is 72.8 Å². The molecule has 3 aromatic carbocycles. The zero-order valence-corrected chi connectivity index (χ0v) is 18.7. The summed E-state index contributed by atoms with van der Waals surface area (Å²) < 4.78 is 6.90. The molecule has 4 aromatic rings. The van der Waals surface area contributed by atoms with Crippen LogP contribution in [0.2, 0.25) is 0 Å². The molecule has 31 heavy (non-hydrogen) atoms. The largest absolute Gasteiger partial charge is 0.494 e. The van der Waals surface area contributed by atoms with Crippen molar-refractivity contribution in [1.29, 1.82) is 0 Å². The third kappa shape index (κ3) is 5.12. The summed E-state index contributed by atoms with van der Waals surface area (Å²) in [4.78, 5) is 20.1. The van der Waals surface area contributed by atoms with Crippen LogP contribution in [-0.2, 0) is 6.54 Å². The first-order valence-electron chi connectivity index (χ1n) is 10.6. The zero-order chi connectivity index (χ0) is 21.6. The number of benzene rings is 3. The quantitative estimate of drug-likeness (QED) is 0.295. The van der Waals surface area contributed by atoms with Crippen molar-refractivity contribution in [3.05, 3.63) is 89.5 Å². The van der Waals surface area contributed by atoms with Crippen LogP contribution >= 0.6 is 11.3 Å². The molecule has 0 aliphatic rings. The summed E-state index contributed by atoms with van der Waals surface area (Å²) in [6.45, 7) is 5.30. The molecule has 158 valence electrons. The molecule has 0 N–H and O–H groups in total. The second kappa shape index (κ2) is 9.75. The lowest BCUT2D eigenvalue weighted by atomic mass is 10.1. The average molecular weight is 431 g/mol. The standard InChI is InChI=1S/C26H26N2O2S/c1-3-4-15-30-22-12-8-11-21(17-22)25(29)28(18-20-9-6-5-7-10-20)26-27-23-14-13-19(2)16-24(23)31-26/h5-14,16-17H,3-4,15,18H2,1-2H3. The third-order valence-corrected chi connectivity index (χ3v) is 6.08. The van der Waals surface area contributed by atoms with Crippen LogP contribution < -0.4 is 9.64 Å². The van der Waals surface area contributed by atoms with Gasteiger partial charge in [-0.3, -0.25) is 9.69 Å². The van der Waals surface area contributed by atoms with Crippen molar-refractivity contribution in [2.24, 2.45) is 0 Å². The van der Waals surface area contributed by atoms with Crippen molar-refractivity contribution in [3.63, 3.8) is 0 Å². The highest BCUT2D eigenvalue weighted by molar-refractivity contribution is 7.22. The number of carbonyl (C=O) groups is 1. The highest BCUT2D eigenvalue weighted by atomic mass is 32.1. The van der Waals surface area contributed by atoms with Crippen molar-refractivity contribution >= 4 is 32.6 Å². The van der Waals surface area contributed by atoms with Gasteiger partial charge in [-0.15, -0.1) is 0 Å². The molecule has 4 rings (SSSR count). The van der Waals surface area contributed by atoms with Crippen LogP contribution in [0.5, 0.6) is 5.75 Å². The molecule has 1 aromatic heterocycles. The average Bonchev–Trinajstić information content (AvgIpc) is 3.21. The van der Waals surface area contributed by atoms with E-state index in [2.05, 4.69) is 19.9 Å². The fraction of sp³-hybridized carbons (Fsp3) is 0.231. The summed E-state index contributed by atoms with van der Waals surface area (Å²) in [5, 5.41) is 0.701. The number of ether oxygens (including phenoxy) is 1. The van der Waals surface area contributed by atoms with Gasteiger partial charge in [0.05, 0.1) is 23.4 Å². The fourth-order valence-corrected chi connectivity index (χ4v) is 4.40. The Hall–Kier alpha value is -3.18. The van der Waals surface area contributed by atoms with Crippen LogP contribution in [0, 0.1) is 6.92 Å². The minimum Gasteiger partial charge on any atom is -0.494 e. The lowest BCUT2D eigenvalue weighted by molar-refractivity contribution is 0.0984. The van der Waals surface area contributed by atoms with Crippen LogP contribution in [0.3, 0.4) is 0 Å². The lowest BCUT2D eigenvalue weighted by Crippen LogP contribution is -2.30. The minimum atomic E-state index is -0.0828. The van der Waals surface area contributed by atoms with Gasteiger partial charge in [0.25, 0.3) is 5.91 Å². The second-order valence-electron chi connectivity index (χ2n) is 7.57. The molecule has 5 heteroatoms. The predicted octanol–water partition coefficient (Wildman–Crippen LogP) is 6.63. The van der Waals surface area contributed by atoms with Gasteiger partial charge in [0.15, 0.2) is 5.13 Å². The second-order valence-corrected chi connectivity index (χ2v) is 8.58. The third-order valence-electron chi connectivity index (χ3n) is 5.04. The van der Waals surface area contributed by atoms with Crippen molar-refractivity contribution in [2.75, 3.05) is 11.5 Å². The number of carbonyl (C=O) groups excluding carboxylic acids is 1. The summed E-state index contributed by atoms with van der Waals surface area (Å²) in [7, 11) is 0. The molecule has 0 saturated heterocycles. The number of fused-ring (bicyclic) bond motifs is 1. The number of unbranched alkanes of at least 4 members (excludes halogenated alkanes) is 1. The Bertz CT molecular complexity index is 1170. The zero-order valence-electron chi connectivity index (χ0n) is 17.9. The first-order chi connectivity index (χ1) is 15.1. The first kappa shape index (κ1) is 21.1. The van der Waals surface area contributed by atoms with E-state index in [0.29, 0.717) is 23.8 Å². The van der Waals surface area contributed by atoms with Gasteiger partial charge in [-0.1, -0.05) is 67.1 Å². The molecular formula is C26H26N2O2S. The Morgan fingerprint density at radius 1 is 1.03 bits per heavy atom. The maximum atomic E-state index is 13.6. The number of aryl methyl sites for hydroxylation is 1. The maximum absolute atomic E-state index is 13.6. The molecule has 0 saturated carbocycles. The Morgan fingerprint density at radius 2 is 1.87 bits per heavy atom. The highest BCUT2D eigenvalue weighted by Gasteiger charge is 2.22. The highest BCUT2D eigenvalue weighted by Crippen LogP contribution is 2.32. The fourth-order valence-electron chi connectivity index (χ4n) is 3.34. The van der Waals surface area contributed by atoms with Crippen LogP contribution in [0.4, 0.5) is 5.13 Å². The summed E-state index contributed by atoms with van der Waals surface area (Å²) in [6, 6.07) is 23.6. The van der Waals surface area contributed by atoms with E-state index >= 15 is 0 Å². The topological polar surface area (TPSA) is 42.4 Å². The van der Waals surface area contributed by atoms with E-state index in [-0.39, 0.29) is 5.91 Å². The van der Waals surface area contributed by atoms with Crippen molar-refractivity contribution < 1.29 is 9.53 Å². The van der Waals surface area contributed by atoms with E-state index in [9.17, 15) is 4.79 Å². The van der Waals surface area contributed by atoms with Gasteiger partial charge in [0.1, 0.15) is 5.75 Å². The number of hydrogen-bond acceptors (Lipinski definition) is 4. The molecule has 0 unspecified atom stereocenters. The number of aromatic nitrogens is 1. The van der Waals surface area contributed by atoms with E-state index in [1.807, 2.05) is 66.7 Å². The van der Waals surface area contributed by atoms with Crippen molar-refractivity contribution in [3.8, 4) is 5.75 Å². The number of hydrogen-bond donors (Lipinski definition) is 0. The Labute approximate surface area is 187 Å². The Balaban J connectivity index is 1.68. The summed E-state index contributed by atoms with van der Waals surface area (Å²) in [5.41, 5.74) is 3.75. The molecule has 0 aliphatic carbocycles. The normalized spacial score (nSPS) is 10.9. The van der Waals surface area contributed by atoms with E-state index in [1.165, 1.54) is 5.56 Å². The molecule has 0 fully saturated rings. The molecule has 0 spiro atoms. The minimum absolute atomic E-state index is 0.0828. The first-order valence-corrected chi connectivity index (χ1v) is 11.4. The molecule has 4 nitrogen and oxygen atoms in total. The van der Waals surface area contributed by atoms with Gasteiger partial charge in [-0.25, -0.2) is 4.98 Å². The van der Waals surface area contributed by atoms with E-state index in [4.69, 9.17) is 9.72 Å². The van der Waals surface area contributed by atoms with Crippen LogP contribution in [-0.4, -0.2) is 17.5 Å². The van der Waals surface area contributed by atoms with E-state index in [1.54, 1.807) is 16.2 Å². The molecular weight excluding hydrogens is 404 g/mol. The van der Waals surface area contributed by atoms with Crippen LogP contribution in [0.1, 0.15) is 41.3 Å². The Kier molecular flexibility index (Phi) is 6.63. The molecule has 0 aliphatic heterocycles. The van der Waals surface area contributed by atoms with Gasteiger partial charge < -0.3 is 4.74 Å². The van der Waals surface area contributed by atoms with Gasteiger partial charge in [-0.2, -0.15) is 0 Å². The maximum Gasteiger partial charge on any atom is 0.260 e. The summed E-state index contributed by atoms with van der Waals surface area (Å²) >= 11 is 1.55. The number of rotatable bonds is 8. The van der Waals surface area contributed by atoms with Gasteiger partial charge in [0.2, 0.25) is 0 Å². The summed E-state index contributed by atoms with van der Waals surface area (Å²) in [6.07, 6.45) is 2.06. The van der Waals surface area contributed by atoms with E-state index in [0.717, 1.165) is 34.4 Å². The number of anilines is 1. The predicted molar refractivity (Wildman–Crippen MR) is 128 cm³/mol. The molecule has 0 radical (unpaired) electrons.